The van der Waals surface area contributed by atoms with Gasteiger partial charge in [-0.1, -0.05) is 37.1 Å². The van der Waals surface area contributed by atoms with E-state index in [1.165, 1.54) is 12.8 Å². The molecule has 0 radical (unpaired) electrons. The first-order chi connectivity index (χ1) is 7.86. The van der Waals surface area contributed by atoms with Crippen LogP contribution in [0.3, 0.4) is 0 Å². The number of rotatable bonds is 0. The molecule has 2 nitrogen and oxygen atoms in total. The summed E-state index contributed by atoms with van der Waals surface area (Å²) in [6.45, 7) is 0.661. The summed E-state index contributed by atoms with van der Waals surface area (Å²) >= 11 is 0. The van der Waals surface area contributed by atoms with Crippen LogP contribution in [-0.2, 0) is 11.3 Å². The van der Waals surface area contributed by atoms with Gasteiger partial charge in [0.25, 0.3) is 0 Å². The number of aliphatic hydroxyl groups is 1. The van der Waals surface area contributed by atoms with Gasteiger partial charge in [0.05, 0.1) is 18.8 Å². The Hall–Kier alpha value is -0.860. The summed E-state index contributed by atoms with van der Waals surface area (Å²) in [7, 11) is 0. The van der Waals surface area contributed by atoms with E-state index in [4.69, 9.17) is 4.74 Å². The van der Waals surface area contributed by atoms with Crippen LogP contribution in [0.4, 0.5) is 0 Å². The quantitative estimate of drug-likeness (QED) is 0.725. The van der Waals surface area contributed by atoms with Crippen LogP contribution in [-0.4, -0.2) is 11.2 Å². The third-order valence-corrected chi connectivity index (χ3v) is 3.99. The number of hydrogen-bond acceptors (Lipinski definition) is 2. The Morgan fingerprint density at radius 2 is 1.94 bits per heavy atom. The second kappa shape index (κ2) is 4.19. The molecule has 1 aromatic carbocycles. The number of benzene rings is 1. The Morgan fingerprint density at radius 1 is 1.12 bits per heavy atom. The first-order valence-electron chi connectivity index (χ1n) is 6.24. The molecule has 3 rings (SSSR count). The molecule has 2 heteroatoms. The molecule has 86 valence electrons. The molecule has 0 saturated heterocycles. The van der Waals surface area contributed by atoms with Gasteiger partial charge in [0.2, 0.25) is 0 Å². The highest BCUT2D eigenvalue weighted by Crippen LogP contribution is 2.40. The number of fused-ring (bicyclic) bond motifs is 2. The van der Waals surface area contributed by atoms with Crippen LogP contribution in [0.2, 0.25) is 0 Å². The first-order valence-corrected chi connectivity index (χ1v) is 6.24. The second-order valence-electron chi connectivity index (χ2n) is 4.94. The zero-order valence-corrected chi connectivity index (χ0v) is 9.43. The summed E-state index contributed by atoms with van der Waals surface area (Å²) in [5.41, 5.74) is 2.24. The Morgan fingerprint density at radius 3 is 2.88 bits per heavy atom. The molecule has 1 fully saturated rings. The Balaban J connectivity index is 1.96. The van der Waals surface area contributed by atoms with Crippen molar-refractivity contribution in [1.29, 1.82) is 0 Å². The van der Waals surface area contributed by atoms with Gasteiger partial charge in [0.1, 0.15) is 0 Å². The molecule has 1 aromatic rings. The van der Waals surface area contributed by atoms with Gasteiger partial charge in [-0.05, 0) is 24.0 Å². The predicted molar refractivity (Wildman–Crippen MR) is 61.9 cm³/mol. The zero-order chi connectivity index (χ0) is 11.0. The molecule has 1 aliphatic carbocycles. The van der Waals surface area contributed by atoms with Crippen molar-refractivity contribution in [2.45, 2.75) is 44.5 Å². The van der Waals surface area contributed by atoms with Gasteiger partial charge in [-0.3, -0.25) is 0 Å². The van der Waals surface area contributed by atoms with Gasteiger partial charge in [0.15, 0.2) is 0 Å². The van der Waals surface area contributed by atoms with E-state index in [9.17, 15) is 5.11 Å². The van der Waals surface area contributed by atoms with Crippen LogP contribution in [0.15, 0.2) is 24.3 Å². The summed E-state index contributed by atoms with van der Waals surface area (Å²) in [6, 6.07) is 8.13. The van der Waals surface area contributed by atoms with Crippen molar-refractivity contribution in [2.24, 2.45) is 5.92 Å². The molecule has 0 aromatic heterocycles. The van der Waals surface area contributed by atoms with Crippen molar-refractivity contribution in [3.05, 3.63) is 35.4 Å². The maximum atomic E-state index is 10.5. The third-order valence-electron chi connectivity index (χ3n) is 3.99. The molecular weight excluding hydrogens is 200 g/mol. The third kappa shape index (κ3) is 1.66. The van der Waals surface area contributed by atoms with Gasteiger partial charge in [-0.2, -0.15) is 0 Å². The fourth-order valence-corrected chi connectivity index (χ4v) is 3.08. The predicted octanol–water partition coefficient (Wildman–Crippen LogP) is 2.81. The summed E-state index contributed by atoms with van der Waals surface area (Å²) in [5, 5.41) is 10.5. The zero-order valence-electron chi connectivity index (χ0n) is 9.43. The highest BCUT2D eigenvalue weighted by atomic mass is 16.5. The van der Waals surface area contributed by atoms with Crippen LogP contribution in [0, 0.1) is 5.92 Å². The topological polar surface area (TPSA) is 29.5 Å². The summed E-state index contributed by atoms with van der Waals surface area (Å²) in [6.07, 6.45) is 4.60. The number of ether oxygens (including phenoxy) is 1. The smallest absolute Gasteiger partial charge is 0.0846 e. The first kappa shape index (κ1) is 10.3. The lowest BCUT2D eigenvalue weighted by atomic mass is 9.80. The van der Waals surface area contributed by atoms with Gasteiger partial charge < -0.3 is 9.84 Å². The van der Waals surface area contributed by atoms with E-state index >= 15 is 0 Å². The van der Waals surface area contributed by atoms with Crippen LogP contribution in [0.25, 0.3) is 0 Å². The van der Waals surface area contributed by atoms with E-state index < -0.39 is 0 Å². The minimum Gasteiger partial charge on any atom is -0.388 e. The highest BCUT2D eigenvalue weighted by molar-refractivity contribution is 5.30. The van der Waals surface area contributed by atoms with Crippen LogP contribution < -0.4 is 0 Å². The minimum absolute atomic E-state index is 0.260. The van der Waals surface area contributed by atoms with E-state index in [1.54, 1.807) is 0 Å². The summed E-state index contributed by atoms with van der Waals surface area (Å²) in [5.74, 6) is 0.303. The van der Waals surface area contributed by atoms with Crippen LogP contribution in [0.5, 0.6) is 0 Å². The molecule has 3 atom stereocenters. The highest BCUT2D eigenvalue weighted by Gasteiger charge is 2.35. The number of hydrogen-bond donors (Lipinski definition) is 1. The van der Waals surface area contributed by atoms with E-state index in [1.807, 2.05) is 18.2 Å². The molecule has 1 aliphatic heterocycles. The molecular formula is C14H18O2. The van der Waals surface area contributed by atoms with Crippen molar-refractivity contribution >= 4 is 0 Å². The fourth-order valence-electron chi connectivity index (χ4n) is 3.08. The van der Waals surface area contributed by atoms with Gasteiger partial charge in [0, 0.05) is 5.92 Å². The lowest BCUT2D eigenvalue weighted by Crippen LogP contribution is -2.30. The molecule has 1 N–H and O–H groups in total. The number of aliphatic hydroxyl groups excluding tert-OH is 1. The van der Waals surface area contributed by atoms with Crippen molar-refractivity contribution in [2.75, 3.05) is 0 Å². The Kier molecular flexibility index (Phi) is 2.70. The lowest BCUT2D eigenvalue weighted by molar-refractivity contribution is -0.0547. The largest absolute Gasteiger partial charge is 0.388 e. The van der Waals surface area contributed by atoms with E-state index in [-0.39, 0.29) is 12.2 Å². The monoisotopic (exact) mass is 218 g/mol. The molecule has 16 heavy (non-hydrogen) atoms. The normalized spacial score (nSPS) is 33.7. The van der Waals surface area contributed by atoms with Crippen molar-refractivity contribution in [3.63, 3.8) is 0 Å². The lowest BCUT2D eigenvalue weighted by Gasteiger charge is -2.32. The van der Waals surface area contributed by atoms with E-state index in [0.29, 0.717) is 12.5 Å². The molecule has 1 heterocycles. The average Bonchev–Trinajstić information content (AvgIpc) is 2.49. The van der Waals surface area contributed by atoms with Gasteiger partial charge in [-0.15, -0.1) is 0 Å². The molecule has 0 amide bonds. The van der Waals surface area contributed by atoms with E-state index in [0.717, 1.165) is 24.0 Å². The van der Waals surface area contributed by atoms with Crippen LogP contribution in [0.1, 0.15) is 42.9 Å². The molecule has 0 bridgehead atoms. The standard InChI is InChI=1S/C14H18O2/c15-14-11-6-2-1-5-10(11)9-16-13-8-4-3-7-12(13)14/h1-2,5-6,12-15H,3-4,7-9H2. The second-order valence-corrected chi connectivity index (χ2v) is 4.94. The maximum absolute atomic E-state index is 10.5. The minimum atomic E-state index is -0.330. The maximum Gasteiger partial charge on any atom is 0.0846 e. The molecule has 1 saturated carbocycles. The Labute approximate surface area is 96.2 Å². The van der Waals surface area contributed by atoms with Crippen molar-refractivity contribution in [3.8, 4) is 0 Å². The van der Waals surface area contributed by atoms with Crippen LogP contribution >= 0.6 is 0 Å². The van der Waals surface area contributed by atoms with Crippen molar-refractivity contribution in [1.82, 2.24) is 0 Å². The summed E-state index contributed by atoms with van der Waals surface area (Å²) < 4.78 is 5.94. The summed E-state index contributed by atoms with van der Waals surface area (Å²) in [4.78, 5) is 0. The SMILES string of the molecule is OC1c2ccccc2COC2CCCCC21. The van der Waals surface area contributed by atoms with Gasteiger partial charge in [-0.25, -0.2) is 0 Å². The van der Waals surface area contributed by atoms with E-state index in [2.05, 4.69) is 6.07 Å². The molecule has 0 spiro atoms. The van der Waals surface area contributed by atoms with Crippen molar-refractivity contribution < 1.29 is 9.84 Å². The molecule has 2 aliphatic rings. The molecule has 3 unspecified atom stereocenters. The average molecular weight is 218 g/mol. The fraction of sp³-hybridized carbons (Fsp3) is 0.571. The Bertz CT molecular complexity index is 375. The van der Waals surface area contributed by atoms with Gasteiger partial charge >= 0.3 is 0 Å².